The lowest BCUT2D eigenvalue weighted by molar-refractivity contribution is 0.613. The number of aromatic nitrogens is 2. The third-order valence-electron chi connectivity index (χ3n) is 3.50. The topological polar surface area (TPSA) is 17.8 Å². The largest absolute Gasteiger partial charge is 0.334 e. The van der Waals surface area contributed by atoms with E-state index < -0.39 is 0 Å². The van der Waals surface area contributed by atoms with Crippen molar-refractivity contribution in [2.24, 2.45) is 7.05 Å². The van der Waals surface area contributed by atoms with E-state index in [0.29, 0.717) is 6.42 Å². The van der Waals surface area contributed by atoms with Gasteiger partial charge in [0.25, 0.3) is 0 Å². The molecule has 0 radical (unpaired) electrons. The Morgan fingerprint density at radius 1 is 1.21 bits per heavy atom. The van der Waals surface area contributed by atoms with Gasteiger partial charge in [-0.2, -0.15) is 0 Å². The molecule has 0 spiro atoms. The molecule has 0 aliphatic carbocycles. The van der Waals surface area contributed by atoms with Crippen molar-refractivity contribution in [3.8, 4) is 11.1 Å². The number of hydrogen-bond acceptors (Lipinski definition) is 1. The lowest BCUT2D eigenvalue weighted by Crippen LogP contribution is -1.89. The van der Waals surface area contributed by atoms with E-state index in [0.717, 1.165) is 27.7 Å². The van der Waals surface area contributed by atoms with Crippen LogP contribution in [-0.2, 0) is 13.5 Å². The van der Waals surface area contributed by atoms with Crippen molar-refractivity contribution in [3.63, 3.8) is 0 Å². The van der Waals surface area contributed by atoms with Crippen molar-refractivity contribution in [3.05, 3.63) is 54.1 Å². The Morgan fingerprint density at radius 2 is 2.05 bits per heavy atom. The molecule has 0 bridgehead atoms. The smallest absolute Gasteiger partial charge is 0.127 e. The van der Waals surface area contributed by atoms with Crippen molar-refractivity contribution in [1.29, 1.82) is 0 Å². The molecule has 0 unspecified atom stereocenters. The summed E-state index contributed by atoms with van der Waals surface area (Å²) in [7, 11) is 1.96. The van der Waals surface area contributed by atoms with E-state index >= 15 is 0 Å². The van der Waals surface area contributed by atoms with Crippen molar-refractivity contribution >= 4 is 11.0 Å². The molecule has 1 aromatic heterocycles. The van der Waals surface area contributed by atoms with Gasteiger partial charge in [0.15, 0.2) is 0 Å². The van der Waals surface area contributed by atoms with E-state index in [-0.39, 0.29) is 5.82 Å². The number of aryl methyl sites for hydroxylation is 2. The first-order chi connectivity index (χ1) is 9.20. The molecule has 2 aromatic carbocycles. The van der Waals surface area contributed by atoms with Gasteiger partial charge in [-0.25, -0.2) is 9.37 Å². The van der Waals surface area contributed by atoms with Crippen molar-refractivity contribution in [1.82, 2.24) is 9.55 Å². The number of fused-ring (bicyclic) bond motifs is 1. The first-order valence-corrected chi connectivity index (χ1v) is 6.39. The van der Waals surface area contributed by atoms with E-state index in [1.54, 1.807) is 12.4 Å². The van der Waals surface area contributed by atoms with Crippen LogP contribution in [0.5, 0.6) is 0 Å². The summed E-state index contributed by atoms with van der Waals surface area (Å²) in [4.78, 5) is 4.41. The maximum absolute atomic E-state index is 13.9. The second-order valence-electron chi connectivity index (χ2n) is 4.69. The maximum atomic E-state index is 13.9. The van der Waals surface area contributed by atoms with Gasteiger partial charge in [-0.1, -0.05) is 31.2 Å². The lowest BCUT2D eigenvalue weighted by atomic mass is 10.0. The molecule has 3 heteroatoms. The zero-order chi connectivity index (χ0) is 13.4. The number of hydrogen-bond donors (Lipinski definition) is 0. The van der Waals surface area contributed by atoms with Gasteiger partial charge in [-0.3, -0.25) is 0 Å². The molecule has 0 saturated carbocycles. The van der Waals surface area contributed by atoms with E-state index in [1.807, 2.05) is 48.9 Å². The molecule has 0 saturated heterocycles. The molecular formula is C16H15FN2. The number of para-hydroxylation sites is 1. The SMILES string of the molecule is CCc1ccc(-c2cccc3c2ncn3C)cc1F. The molecule has 0 N–H and O–H groups in total. The standard InChI is InChI=1S/C16H15FN2/c1-3-11-7-8-12(9-14(11)17)13-5-4-6-15-16(13)18-10-19(15)2/h4-10H,3H2,1-2H3. The Hall–Kier alpha value is -2.16. The van der Waals surface area contributed by atoms with Crippen LogP contribution in [0.2, 0.25) is 0 Å². The van der Waals surface area contributed by atoms with Gasteiger partial charge in [-0.05, 0) is 29.7 Å². The second-order valence-corrected chi connectivity index (χ2v) is 4.69. The average molecular weight is 254 g/mol. The first kappa shape index (κ1) is 11.9. The molecular weight excluding hydrogens is 239 g/mol. The van der Waals surface area contributed by atoms with Crippen LogP contribution in [0, 0.1) is 5.82 Å². The van der Waals surface area contributed by atoms with Gasteiger partial charge in [-0.15, -0.1) is 0 Å². The second kappa shape index (κ2) is 4.50. The summed E-state index contributed by atoms with van der Waals surface area (Å²) in [6.07, 6.45) is 2.49. The van der Waals surface area contributed by atoms with Gasteiger partial charge in [0.2, 0.25) is 0 Å². The van der Waals surface area contributed by atoms with E-state index in [2.05, 4.69) is 4.98 Å². The Morgan fingerprint density at radius 3 is 2.79 bits per heavy atom. The summed E-state index contributed by atoms with van der Waals surface area (Å²) < 4.78 is 15.9. The van der Waals surface area contributed by atoms with Crippen molar-refractivity contribution in [2.75, 3.05) is 0 Å². The van der Waals surface area contributed by atoms with Gasteiger partial charge in [0, 0.05) is 12.6 Å². The molecule has 19 heavy (non-hydrogen) atoms. The summed E-state index contributed by atoms with van der Waals surface area (Å²) in [5, 5.41) is 0. The average Bonchev–Trinajstić information content (AvgIpc) is 2.80. The maximum Gasteiger partial charge on any atom is 0.127 e. The number of imidazole rings is 1. The highest BCUT2D eigenvalue weighted by Gasteiger charge is 2.09. The zero-order valence-corrected chi connectivity index (χ0v) is 11.0. The molecule has 2 nitrogen and oxygen atoms in total. The molecule has 0 amide bonds. The first-order valence-electron chi connectivity index (χ1n) is 6.39. The predicted molar refractivity (Wildman–Crippen MR) is 75.5 cm³/mol. The summed E-state index contributed by atoms with van der Waals surface area (Å²) in [5.74, 6) is -0.145. The van der Waals surface area contributed by atoms with Crippen LogP contribution in [0.1, 0.15) is 12.5 Å². The quantitative estimate of drug-likeness (QED) is 0.677. The highest BCUT2D eigenvalue weighted by molar-refractivity contribution is 5.92. The zero-order valence-electron chi connectivity index (χ0n) is 11.0. The molecule has 3 aromatic rings. The minimum absolute atomic E-state index is 0.145. The fourth-order valence-corrected chi connectivity index (χ4v) is 2.39. The van der Waals surface area contributed by atoms with Crippen LogP contribution in [-0.4, -0.2) is 9.55 Å². The predicted octanol–water partition coefficient (Wildman–Crippen LogP) is 3.94. The van der Waals surface area contributed by atoms with Gasteiger partial charge in [0.1, 0.15) is 5.82 Å². The minimum Gasteiger partial charge on any atom is -0.334 e. The molecule has 0 atom stereocenters. The van der Waals surface area contributed by atoms with Gasteiger partial charge < -0.3 is 4.57 Å². The molecule has 0 fully saturated rings. The Balaban J connectivity index is 2.21. The van der Waals surface area contributed by atoms with Gasteiger partial charge in [0.05, 0.1) is 17.4 Å². The fraction of sp³-hybridized carbons (Fsp3) is 0.188. The van der Waals surface area contributed by atoms with Crippen LogP contribution >= 0.6 is 0 Å². The van der Waals surface area contributed by atoms with Crippen molar-refractivity contribution < 1.29 is 4.39 Å². The Labute approximate surface area is 111 Å². The fourth-order valence-electron chi connectivity index (χ4n) is 2.39. The minimum atomic E-state index is -0.145. The normalized spacial score (nSPS) is 11.1. The van der Waals surface area contributed by atoms with Crippen LogP contribution in [0.4, 0.5) is 4.39 Å². The summed E-state index contributed by atoms with van der Waals surface area (Å²) >= 11 is 0. The van der Waals surface area contributed by atoms with Crippen LogP contribution in [0.3, 0.4) is 0 Å². The van der Waals surface area contributed by atoms with Crippen LogP contribution < -0.4 is 0 Å². The van der Waals surface area contributed by atoms with E-state index in [1.165, 1.54) is 0 Å². The molecule has 96 valence electrons. The lowest BCUT2D eigenvalue weighted by Gasteiger charge is -2.06. The van der Waals surface area contributed by atoms with Crippen molar-refractivity contribution in [2.45, 2.75) is 13.3 Å². The summed E-state index contributed by atoms with van der Waals surface area (Å²) in [6.45, 7) is 1.96. The van der Waals surface area contributed by atoms with Crippen LogP contribution in [0.25, 0.3) is 22.2 Å². The van der Waals surface area contributed by atoms with E-state index in [9.17, 15) is 4.39 Å². The molecule has 3 rings (SSSR count). The molecule has 1 heterocycles. The Bertz CT molecular complexity index is 744. The monoisotopic (exact) mass is 254 g/mol. The highest BCUT2D eigenvalue weighted by atomic mass is 19.1. The summed E-state index contributed by atoms with van der Waals surface area (Å²) in [6, 6.07) is 11.4. The van der Waals surface area contributed by atoms with Gasteiger partial charge >= 0.3 is 0 Å². The third kappa shape index (κ3) is 1.91. The molecule has 0 aliphatic heterocycles. The Kier molecular flexibility index (Phi) is 2.82. The number of nitrogens with zero attached hydrogens (tertiary/aromatic N) is 2. The van der Waals surface area contributed by atoms with E-state index in [4.69, 9.17) is 0 Å². The summed E-state index contributed by atoms with van der Waals surface area (Å²) in [5.41, 5.74) is 4.56. The number of benzene rings is 2. The highest BCUT2D eigenvalue weighted by Crippen LogP contribution is 2.28. The number of halogens is 1. The number of rotatable bonds is 2. The van der Waals surface area contributed by atoms with Crippen LogP contribution in [0.15, 0.2) is 42.7 Å². The molecule has 0 aliphatic rings. The third-order valence-corrected chi connectivity index (χ3v) is 3.50.